The molecule has 0 fully saturated rings. The second kappa shape index (κ2) is 11.4. The van der Waals surface area contributed by atoms with Crippen LogP contribution in [0.4, 0.5) is 0 Å². The monoisotopic (exact) mass is 420 g/mol. The molecule has 2 amide bonds. The molecule has 0 aromatic heterocycles. The zero-order chi connectivity index (χ0) is 22.1. The summed E-state index contributed by atoms with van der Waals surface area (Å²) in [6, 6.07) is 18.2. The van der Waals surface area contributed by atoms with Crippen LogP contribution in [0.1, 0.15) is 49.8 Å². The van der Waals surface area contributed by atoms with Gasteiger partial charge < -0.3 is 5.32 Å². The first-order valence-electron chi connectivity index (χ1n) is 11.1. The molecule has 164 valence electrons. The molecular weight excluding hydrogens is 388 g/mol. The second-order valence-electron chi connectivity index (χ2n) is 7.74. The van der Waals surface area contributed by atoms with Crippen LogP contribution in [-0.4, -0.2) is 47.1 Å². The van der Waals surface area contributed by atoms with Crippen molar-refractivity contribution in [2.75, 3.05) is 19.6 Å². The zero-order valence-corrected chi connectivity index (χ0v) is 18.5. The van der Waals surface area contributed by atoms with E-state index in [0.717, 1.165) is 42.9 Å². The normalized spacial score (nSPS) is 13.4. The van der Waals surface area contributed by atoms with Gasteiger partial charge in [0.2, 0.25) is 11.8 Å². The molecule has 6 heteroatoms. The summed E-state index contributed by atoms with van der Waals surface area (Å²) in [4.78, 5) is 27.0. The van der Waals surface area contributed by atoms with Gasteiger partial charge in [0.05, 0.1) is 12.3 Å². The molecule has 31 heavy (non-hydrogen) atoms. The van der Waals surface area contributed by atoms with Crippen molar-refractivity contribution in [1.29, 1.82) is 0 Å². The second-order valence-corrected chi connectivity index (χ2v) is 7.74. The number of benzene rings is 2. The first kappa shape index (κ1) is 22.7. The molecule has 0 saturated heterocycles. The van der Waals surface area contributed by atoms with E-state index in [1.165, 1.54) is 10.6 Å². The third-order valence-electron chi connectivity index (χ3n) is 5.54. The van der Waals surface area contributed by atoms with Gasteiger partial charge in [-0.25, -0.2) is 5.01 Å². The predicted octanol–water partition coefficient (Wildman–Crippen LogP) is 3.56. The summed E-state index contributed by atoms with van der Waals surface area (Å²) < 4.78 is 0. The van der Waals surface area contributed by atoms with Crippen molar-refractivity contribution < 1.29 is 9.59 Å². The van der Waals surface area contributed by atoms with Gasteiger partial charge in [0.25, 0.3) is 0 Å². The lowest BCUT2D eigenvalue weighted by molar-refractivity contribution is -0.133. The van der Waals surface area contributed by atoms with Gasteiger partial charge in [0.1, 0.15) is 0 Å². The minimum atomic E-state index is -0.117. The van der Waals surface area contributed by atoms with Gasteiger partial charge in [-0.2, -0.15) is 5.10 Å². The Balaban J connectivity index is 1.43. The van der Waals surface area contributed by atoms with Gasteiger partial charge >= 0.3 is 0 Å². The van der Waals surface area contributed by atoms with E-state index in [4.69, 9.17) is 0 Å². The maximum atomic E-state index is 12.4. The van der Waals surface area contributed by atoms with Crippen LogP contribution in [0.25, 0.3) is 0 Å². The third kappa shape index (κ3) is 6.76. The fourth-order valence-electron chi connectivity index (χ4n) is 3.65. The summed E-state index contributed by atoms with van der Waals surface area (Å²) >= 11 is 0. The molecule has 0 radical (unpaired) electrons. The Morgan fingerprint density at radius 2 is 1.74 bits per heavy atom. The fourth-order valence-corrected chi connectivity index (χ4v) is 3.65. The number of carbonyl (C=O) groups excluding carboxylic acids is 2. The van der Waals surface area contributed by atoms with Gasteiger partial charge in [-0.3, -0.25) is 14.5 Å². The molecule has 1 aliphatic heterocycles. The highest BCUT2D eigenvalue weighted by atomic mass is 16.2. The number of hydrogen-bond donors (Lipinski definition) is 1. The molecule has 0 unspecified atom stereocenters. The summed E-state index contributed by atoms with van der Waals surface area (Å²) in [5.41, 5.74) is 4.27. The van der Waals surface area contributed by atoms with Gasteiger partial charge in [-0.1, -0.05) is 68.4 Å². The van der Waals surface area contributed by atoms with Crippen LogP contribution in [0, 0.1) is 0 Å². The lowest BCUT2D eigenvalue weighted by Gasteiger charge is -2.18. The summed E-state index contributed by atoms with van der Waals surface area (Å²) in [5, 5.41) is 8.86. The summed E-state index contributed by atoms with van der Waals surface area (Å²) in [6.45, 7) is 8.29. The highest BCUT2D eigenvalue weighted by molar-refractivity contribution is 6.02. The zero-order valence-electron chi connectivity index (χ0n) is 18.5. The minimum absolute atomic E-state index is 0.109. The van der Waals surface area contributed by atoms with Crippen LogP contribution < -0.4 is 5.32 Å². The van der Waals surface area contributed by atoms with E-state index in [0.29, 0.717) is 13.1 Å². The molecule has 0 spiro atoms. The summed E-state index contributed by atoms with van der Waals surface area (Å²) in [7, 11) is 0. The van der Waals surface area contributed by atoms with Crippen LogP contribution in [0.5, 0.6) is 0 Å². The van der Waals surface area contributed by atoms with Crippen LogP contribution in [0.2, 0.25) is 0 Å². The number of hydrazone groups is 1. The SMILES string of the molecule is CCN(CC)Cc1cccc(CNC(=O)CCC(=O)N2CCC(c3ccccc3)=N2)c1. The molecule has 0 saturated carbocycles. The van der Waals surface area contributed by atoms with Gasteiger partial charge in [-0.15, -0.1) is 0 Å². The smallest absolute Gasteiger partial charge is 0.243 e. The van der Waals surface area contributed by atoms with E-state index in [-0.39, 0.29) is 24.7 Å². The maximum Gasteiger partial charge on any atom is 0.243 e. The van der Waals surface area contributed by atoms with Crippen molar-refractivity contribution in [3.8, 4) is 0 Å². The topological polar surface area (TPSA) is 65.0 Å². The van der Waals surface area contributed by atoms with E-state index < -0.39 is 0 Å². The van der Waals surface area contributed by atoms with Crippen molar-refractivity contribution >= 4 is 17.5 Å². The van der Waals surface area contributed by atoms with E-state index in [1.807, 2.05) is 42.5 Å². The van der Waals surface area contributed by atoms with E-state index in [2.05, 4.69) is 41.3 Å². The fraction of sp³-hybridized carbons (Fsp3) is 0.400. The molecule has 0 atom stereocenters. The number of hydrogen-bond acceptors (Lipinski definition) is 4. The lowest BCUT2D eigenvalue weighted by atomic mass is 10.1. The molecule has 6 nitrogen and oxygen atoms in total. The van der Waals surface area contributed by atoms with Gasteiger partial charge in [-0.05, 0) is 29.8 Å². The largest absolute Gasteiger partial charge is 0.352 e. The molecule has 0 bridgehead atoms. The first-order chi connectivity index (χ1) is 15.1. The molecule has 3 rings (SSSR count). The van der Waals surface area contributed by atoms with E-state index in [1.54, 1.807) is 0 Å². The van der Waals surface area contributed by atoms with E-state index >= 15 is 0 Å². The quantitative estimate of drug-likeness (QED) is 0.639. The Morgan fingerprint density at radius 1 is 1.00 bits per heavy atom. The van der Waals surface area contributed by atoms with Crippen molar-refractivity contribution in [2.24, 2.45) is 5.10 Å². The van der Waals surface area contributed by atoms with Crippen molar-refractivity contribution in [3.63, 3.8) is 0 Å². The number of nitrogens with zero attached hydrogens (tertiary/aromatic N) is 3. The Hall–Kier alpha value is -2.99. The number of rotatable bonds is 10. The molecule has 2 aromatic carbocycles. The summed E-state index contributed by atoms with van der Waals surface area (Å²) in [6.07, 6.45) is 1.08. The third-order valence-corrected chi connectivity index (χ3v) is 5.54. The van der Waals surface area contributed by atoms with Gasteiger partial charge in [0.15, 0.2) is 0 Å². The molecule has 1 aliphatic rings. The van der Waals surface area contributed by atoms with Crippen molar-refractivity contribution in [2.45, 2.75) is 46.2 Å². The number of carbonyl (C=O) groups is 2. The van der Waals surface area contributed by atoms with Gasteiger partial charge in [0, 0.05) is 32.4 Å². The standard InChI is InChI=1S/C25H32N4O2/c1-3-28(4-2)19-21-10-8-9-20(17-21)18-26-24(30)13-14-25(31)29-16-15-23(27-29)22-11-6-5-7-12-22/h5-12,17H,3-4,13-16,18-19H2,1-2H3,(H,26,30). The molecule has 2 aromatic rings. The Morgan fingerprint density at radius 3 is 2.48 bits per heavy atom. The van der Waals surface area contributed by atoms with Crippen LogP contribution in [-0.2, 0) is 22.7 Å². The van der Waals surface area contributed by atoms with Crippen LogP contribution in [0.3, 0.4) is 0 Å². The van der Waals surface area contributed by atoms with Crippen molar-refractivity contribution in [1.82, 2.24) is 15.2 Å². The molecule has 0 aliphatic carbocycles. The minimum Gasteiger partial charge on any atom is -0.352 e. The highest BCUT2D eigenvalue weighted by Crippen LogP contribution is 2.15. The maximum absolute atomic E-state index is 12.4. The van der Waals surface area contributed by atoms with E-state index in [9.17, 15) is 9.59 Å². The lowest BCUT2D eigenvalue weighted by Crippen LogP contribution is -2.27. The molecule has 1 heterocycles. The highest BCUT2D eigenvalue weighted by Gasteiger charge is 2.21. The average molecular weight is 421 g/mol. The van der Waals surface area contributed by atoms with Crippen molar-refractivity contribution in [3.05, 3.63) is 71.3 Å². The number of nitrogens with one attached hydrogen (secondary N) is 1. The predicted molar refractivity (Wildman–Crippen MR) is 123 cm³/mol. The number of amides is 2. The average Bonchev–Trinajstić information content (AvgIpc) is 3.31. The van der Waals surface area contributed by atoms with Crippen LogP contribution in [0.15, 0.2) is 59.7 Å². The Labute approximate surface area is 184 Å². The Bertz CT molecular complexity index is 907. The summed E-state index contributed by atoms with van der Waals surface area (Å²) in [5.74, 6) is -0.226. The van der Waals surface area contributed by atoms with Crippen LogP contribution >= 0.6 is 0 Å². The first-order valence-corrected chi connectivity index (χ1v) is 11.1. The Kier molecular flexibility index (Phi) is 8.35. The molecular formula is C25H32N4O2. The molecule has 1 N–H and O–H groups in total.